The van der Waals surface area contributed by atoms with Gasteiger partial charge in [0.25, 0.3) is 0 Å². The number of alkyl halides is 1. The fourth-order valence-electron chi connectivity index (χ4n) is 2.15. The van der Waals surface area contributed by atoms with Gasteiger partial charge in [-0.2, -0.15) is 0 Å². The Kier molecular flexibility index (Phi) is 6.60. The second kappa shape index (κ2) is 7.98. The van der Waals surface area contributed by atoms with Crippen LogP contribution in [-0.4, -0.2) is 5.33 Å². The molecule has 20 heavy (non-hydrogen) atoms. The minimum Gasteiger partial charge on any atom is -0.0925 e. The van der Waals surface area contributed by atoms with Gasteiger partial charge >= 0.3 is 0 Å². The lowest BCUT2D eigenvalue weighted by atomic mass is 9.94. The van der Waals surface area contributed by atoms with Crippen molar-refractivity contribution in [3.63, 3.8) is 0 Å². The number of hydrogen-bond acceptors (Lipinski definition) is 0. The zero-order valence-corrected chi connectivity index (χ0v) is 16.3. The molecule has 0 amide bonds. The summed E-state index contributed by atoms with van der Waals surface area (Å²) in [6.07, 6.45) is 2.00. The van der Waals surface area contributed by atoms with E-state index in [-0.39, 0.29) is 0 Å². The van der Waals surface area contributed by atoms with Crippen molar-refractivity contribution in [2.24, 2.45) is 5.92 Å². The van der Waals surface area contributed by atoms with Gasteiger partial charge in [0.05, 0.1) is 0 Å². The van der Waals surface area contributed by atoms with Gasteiger partial charge in [-0.3, -0.25) is 0 Å². The zero-order chi connectivity index (χ0) is 14.5. The smallest absolute Gasteiger partial charge is 0.0449 e. The molecular formula is C16H14Br3Cl. The van der Waals surface area contributed by atoms with Gasteiger partial charge in [-0.15, -0.1) is 0 Å². The van der Waals surface area contributed by atoms with Crippen LogP contribution >= 0.6 is 59.4 Å². The van der Waals surface area contributed by atoms with Crippen molar-refractivity contribution < 1.29 is 0 Å². The maximum Gasteiger partial charge on any atom is 0.0449 e. The van der Waals surface area contributed by atoms with Crippen LogP contribution in [0.25, 0.3) is 0 Å². The SMILES string of the molecule is Clc1cc(Br)ccc1CC(CBr)Cc1ccccc1Br. The lowest BCUT2D eigenvalue weighted by molar-refractivity contribution is 0.590. The molecule has 0 saturated heterocycles. The highest BCUT2D eigenvalue weighted by molar-refractivity contribution is 9.10. The number of hydrogen-bond donors (Lipinski definition) is 0. The standard InChI is InChI=1S/C16H14Br3Cl/c17-10-11(7-12-3-1-2-4-15(12)19)8-13-5-6-14(18)9-16(13)20/h1-6,9,11H,7-8,10H2. The van der Waals surface area contributed by atoms with Crippen LogP contribution in [0.2, 0.25) is 5.02 Å². The number of rotatable bonds is 5. The molecule has 0 fully saturated rings. The highest BCUT2D eigenvalue weighted by Gasteiger charge is 2.13. The third-order valence-electron chi connectivity index (χ3n) is 3.21. The van der Waals surface area contributed by atoms with Crippen molar-refractivity contribution in [2.75, 3.05) is 5.33 Å². The number of benzene rings is 2. The molecule has 1 unspecified atom stereocenters. The summed E-state index contributed by atoms with van der Waals surface area (Å²) in [6, 6.07) is 14.5. The quantitative estimate of drug-likeness (QED) is 0.419. The Hall–Kier alpha value is 0.170. The van der Waals surface area contributed by atoms with Crippen LogP contribution in [0.3, 0.4) is 0 Å². The molecule has 0 radical (unpaired) electrons. The van der Waals surface area contributed by atoms with Crippen LogP contribution in [0.5, 0.6) is 0 Å². The predicted octanol–water partition coefficient (Wildman–Crippen LogP) is 6.66. The van der Waals surface area contributed by atoms with Gasteiger partial charge in [0, 0.05) is 19.3 Å². The molecule has 0 saturated carbocycles. The first-order valence-corrected chi connectivity index (χ1v) is 9.42. The van der Waals surface area contributed by atoms with Crippen LogP contribution in [0.1, 0.15) is 11.1 Å². The molecule has 106 valence electrons. The van der Waals surface area contributed by atoms with E-state index in [9.17, 15) is 0 Å². The molecule has 2 aromatic carbocycles. The molecule has 0 aromatic heterocycles. The third kappa shape index (κ3) is 4.59. The van der Waals surface area contributed by atoms with Crippen molar-refractivity contribution in [1.29, 1.82) is 0 Å². The predicted molar refractivity (Wildman–Crippen MR) is 98.0 cm³/mol. The fraction of sp³-hybridized carbons (Fsp3) is 0.250. The minimum atomic E-state index is 0.521. The molecule has 0 bridgehead atoms. The molecule has 0 nitrogen and oxygen atoms in total. The number of halogens is 4. The molecule has 0 N–H and O–H groups in total. The summed E-state index contributed by atoms with van der Waals surface area (Å²) in [4.78, 5) is 0. The van der Waals surface area contributed by atoms with E-state index in [0.29, 0.717) is 5.92 Å². The Morgan fingerprint density at radius 2 is 1.65 bits per heavy atom. The largest absolute Gasteiger partial charge is 0.0925 e. The molecule has 0 spiro atoms. The second-order valence-electron chi connectivity index (χ2n) is 4.76. The van der Waals surface area contributed by atoms with Crippen molar-refractivity contribution >= 4 is 59.4 Å². The van der Waals surface area contributed by atoms with Crippen molar-refractivity contribution in [2.45, 2.75) is 12.8 Å². The summed E-state index contributed by atoms with van der Waals surface area (Å²) in [6.45, 7) is 0. The molecule has 0 aliphatic rings. The molecule has 0 aliphatic heterocycles. The molecule has 1 atom stereocenters. The van der Waals surface area contributed by atoms with E-state index in [4.69, 9.17) is 11.6 Å². The van der Waals surface area contributed by atoms with Gasteiger partial charge < -0.3 is 0 Å². The summed E-state index contributed by atoms with van der Waals surface area (Å²) >= 11 is 17.0. The van der Waals surface area contributed by atoms with Crippen molar-refractivity contribution in [1.82, 2.24) is 0 Å². The Morgan fingerprint density at radius 1 is 0.950 bits per heavy atom. The first kappa shape index (κ1) is 16.5. The van der Waals surface area contributed by atoms with Crippen LogP contribution in [0.15, 0.2) is 51.4 Å². The van der Waals surface area contributed by atoms with E-state index in [1.807, 2.05) is 18.2 Å². The maximum atomic E-state index is 6.31. The summed E-state index contributed by atoms with van der Waals surface area (Å²) in [5, 5.41) is 1.79. The van der Waals surface area contributed by atoms with Gasteiger partial charge in [-0.1, -0.05) is 83.7 Å². The van der Waals surface area contributed by atoms with Gasteiger partial charge in [0.2, 0.25) is 0 Å². The Bertz CT molecular complexity index is 584. The first-order chi connectivity index (χ1) is 9.60. The average molecular weight is 481 g/mol. The van der Waals surface area contributed by atoms with E-state index >= 15 is 0 Å². The molecule has 2 rings (SSSR count). The van der Waals surface area contributed by atoms with Gasteiger partial charge in [0.15, 0.2) is 0 Å². The summed E-state index contributed by atoms with van der Waals surface area (Å²) in [7, 11) is 0. The Balaban J connectivity index is 2.11. The van der Waals surface area contributed by atoms with E-state index in [2.05, 4.69) is 72.1 Å². The normalized spacial score (nSPS) is 12.4. The summed E-state index contributed by atoms with van der Waals surface area (Å²) < 4.78 is 2.19. The Morgan fingerprint density at radius 3 is 2.30 bits per heavy atom. The van der Waals surface area contributed by atoms with Crippen LogP contribution < -0.4 is 0 Å². The molecule has 4 heteroatoms. The molecular weight excluding hydrogens is 467 g/mol. The van der Waals surface area contributed by atoms with E-state index in [1.54, 1.807) is 0 Å². The zero-order valence-electron chi connectivity index (χ0n) is 10.8. The van der Waals surface area contributed by atoms with E-state index in [0.717, 1.165) is 27.7 Å². The molecule has 2 aromatic rings. The van der Waals surface area contributed by atoms with Crippen LogP contribution in [0.4, 0.5) is 0 Å². The van der Waals surface area contributed by atoms with Crippen molar-refractivity contribution in [3.05, 3.63) is 67.6 Å². The summed E-state index contributed by atoms with van der Waals surface area (Å²) in [5.41, 5.74) is 2.54. The van der Waals surface area contributed by atoms with Crippen LogP contribution in [-0.2, 0) is 12.8 Å². The topological polar surface area (TPSA) is 0 Å². The highest BCUT2D eigenvalue weighted by Crippen LogP contribution is 2.27. The van der Waals surface area contributed by atoms with Gasteiger partial charge in [0.1, 0.15) is 0 Å². The monoisotopic (exact) mass is 478 g/mol. The lowest BCUT2D eigenvalue weighted by Gasteiger charge is -2.16. The molecule has 0 aliphatic carbocycles. The average Bonchev–Trinajstić information content (AvgIpc) is 2.43. The second-order valence-corrected chi connectivity index (χ2v) is 7.58. The van der Waals surface area contributed by atoms with E-state index in [1.165, 1.54) is 15.6 Å². The Labute approximate surface area is 150 Å². The highest BCUT2D eigenvalue weighted by atomic mass is 79.9. The molecule has 0 heterocycles. The first-order valence-electron chi connectivity index (χ1n) is 6.33. The minimum absolute atomic E-state index is 0.521. The van der Waals surface area contributed by atoms with Crippen LogP contribution in [0, 0.1) is 5.92 Å². The fourth-order valence-corrected chi connectivity index (χ4v) is 3.81. The lowest BCUT2D eigenvalue weighted by Crippen LogP contribution is -2.10. The van der Waals surface area contributed by atoms with Crippen molar-refractivity contribution in [3.8, 4) is 0 Å². The summed E-state index contributed by atoms with van der Waals surface area (Å²) in [5.74, 6) is 0.521. The van der Waals surface area contributed by atoms with E-state index < -0.39 is 0 Å². The maximum absolute atomic E-state index is 6.31. The van der Waals surface area contributed by atoms with Gasteiger partial charge in [-0.25, -0.2) is 0 Å². The third-order valence-corrected chi connectivity index (χ3v) is 5.74. The van der Waals surface area contributed by atoms with Gasteiger partial charge in [-0.05, 0) is 48.1 Å².